The fourth-order valence-electron chi connectivity index (χ4n) is 0.612. The van der Waals surface area contributed by atoms with Gasteiger partial charge in [-0.05, 0) is 13.2 Å². The molecule has 1 aromatic heterocycles. The van der Waals surface area contributed by atoms with E-state index in [4.69, 9.17) is 4.52 Å². The van der Waals surface area contributed by atoms with E-state index in [0.717, 1.165) is 0 Å². The minimum Gasteiger partial charge on any atom is -0.383 e. The predicted molar refractivity (Wildman–Crippen MR) is 35.8 cm³/mol. The first-order chi connectivity index (χ1) is 4.25. The van der Waals surface area contributed by atoms with Crippen LogP contribution in [0.25, 0.3) is 0 Å². The normalized spacial score (nSPS) is 10.0. The summed E-state index contributed by atoms with van der Waals surface area (Å²) in [5.74, 6) is 0.660. The van der Waals surface area contributed by atoms with Gasteiger partial charge in [-0.25, -0.2) is 0 Å². The molecule has 1 N–H and O–H groups in total. The lowest BCUT2D eigenvalue weighted by Gasteiger charge is -1.82. The van der Waals surface area contributed by atoms with Crippen LogP contribution in [0.2, 0.25) is 0 Å². The summed E-state index contributed by atoms with van der Waals surface area (Å²) in [4.78, 5) is 11.4. The summed E-state index contributed by atoms with van der Waals surface area (Å²) in [5.41, 5.74) is -0.139. The predicted octanol–water partition coefficient (Wildman–Crippen LogP) is 0.998. The molecule has 50 valence electrons. The Morgan fingerprint density at radius 3 is 2.56 bits per heavy atom. The topological polar surface area (TPSA) is 46.0 Å². The van der Waals surface area contributed by atoms with Crippen molar-refractivity contribution in [3.05, 3.63) is 16.1 Å². The molecule has 1 heterocycles. The van der Waals surface area contributed by atoms with Crippen LogP contribution in [0.15, 0.2) is 14.2 Å². The van der Waals surface area contributed by atoms with E-state index in [0.29, 0.717) is 10.7 Å². The Kier molecular flexibility index (Phi) is 1.66. The summed E-state index contributed by atoms with van der Waals surface area (Å²) in [7, 11) is 0. The first kappa shape index (κ1) is 6.48. The lowest BCUT2D eigenvalue weighted by molar-refractivity contribution is 0.390. The monoisotopic (exact) mass is 145 g/mol. The van der Waals surface area contributed by atoms with Crippen molar-refractivity contribution < 1.29 is 4.52 Å². The Hall–Kier alpha value is -0.640. The van der Waals surface area contributed by atoms with Gasteiger partial charge in [-0.3, -0.25) is 4.79 Å². The Morgan fingerprint density at radius 2 is 2.33 bits per heavy atom. The van der Waals surface area contributed by atoms with Gasteiger partial charge in [-0.1, -0.05) is 0 Å². The minimum atomic E-state index is -0.139. The smallest absolute Gasteiger partial charge is 0.293 e. The zero-order valence-electron chi connectivity index (χ0n) is 5.22. The number of hydrogen-bond acceptors (Lipinski definition) is 3. The number of aromatic amines is 1. The molecule has 0 saturated carbocycles. The second-order valence-corrected chi connectivity index (χ2v) is 2.44. The number of aryl methyl sites for hydroxylation is 1. The van der Waals surface area contributed by atoms with Crippen LogP contribution in [0.4, 0.5) is 0 Å². The van der Waals surface area contributed by atoms with Crippen LogP contribution in [0.5, 0.6) is 0 Å². The summed E-state index contributed by atoms with van der Waals surface area (Å²) in [5, 5.41) is 2.24. The van der Waals surface area contributed by atoms with Crippen LogP contribution in [0.1, 0.15) is 5.76 Å². The van der Waals surface area contributed by atoms with Crippen molar-refractivity contribution in [3.8, 4) is 0 Å². The Bertz CT molecular complexity index is 250. The molecule has 0 unspecified atom stereocenters. The van der Waals surface area contributed by atoms with Gasteiger partial charge in [0.1, 0.15) is 10.7 Å². The number of thioether (sulfide) groups is 1. The van der Waals surface area contributed by atoms with Gasteiger partial charge in [0.15, 0.2) is 0 Å². The number of nitrogens with one attached hydrogen (secondary N) is 1. The Morgan fingerprint density at radius 1 is 1.67 bits per heavy atom. The Balaban J connectivity index is 3.23. The van der Waals surface area contributed by atoms with Crippen LogP contribution >= 0.6 is 11.8 Å². The van der Waals surface area contributed by atoms with Gasteiger partial charge in [0.05, 0.1) is 0 Å². The van der Waals surface area contributed by atoms with Crippen molar-refractivity contribution in [3.63, 3.8) is 0 Å². The van der Waals surface area contributed by atoms with E-state index < -0.39 is 0 Å². The van der Waals surface area contributed by atoms with Crippen LogP contribution in [0, 0.1) is 6.92 Å². The fraction of sp³-hybridized carbons (Fsp3) is 0.400. The zero-order chi connectivity index (χ0) is 6.85. The maximum absolute atomic E-state index is 10.7. The fourth-order valence-corrected chi connectivity index (χ4v) is 1.17. The maximum Gasteiger partial charge on any atom is 0.293 e. The van der Waals surface area contributed by atoms with Gasteiger partial charge in [-0.15, -0.1) is 11.8 Å². The van der Waals surface area contributed by atoms with Crippen LogP contribution in [-0.4, -0.2) is 11.4 Å². The molecule has 0 atom stereocenters. The number of aromatic nitrogens is 1. The lowest BCUT2D eigenvalue weighted by Crippen LogP contribution is -1.99. The van der Waals surface area contributed by atoms with E-state index in [9.17, 15) is 4.79 Å². The molecule has 1 aromatic rings. The number of hydrogen-bond donors (Lipinski definition) is 1. The number of H-pyrrole nitrogens is 1. The van der Waals surface area contributed by atoms with Gasteiger partial charge in [0, 0.05) is 0 Å². The standard InChI is InChI=1S/C5H7NO2S/c1-3-4(9-2)5(7)6-8-3/h1-2H3,(H,6,7). The highest BCUT2D eigenvalue weighted by molar-refractivity contribution is 7.98. The highest BCUT2D eigenvalue weighted by atomic mass is 32.2. The molecule has 0 amide bonds. The first-order valence-corrected chi connectivity index (χ1v) is 3.70. The lowest BCUT2D eigenvalue weighted by atomic mass is 10.5. The van der Waals surface area contributed by atoms with Gasteiger partial charge in [0.2, 0.25) is 0 Å². The van der Waals surface area contributed by atoms with Gasteiger partial charge >= 0.3 is 0 Å². The van der Waals surface area contributed by atoms with E-state index in [1.54, 1.807) is 6.92 Å². The molecule has 0 bridgehead atoms. The van der Waals surface area contributed by atoms with E-state index in [2.05, 4.69) is 5.16 Å². The van der Waals surface area contributed by atoms with E-state index >= 15 is 0 Å². The highest BCUT2D eigenvalue weighted by Crippen LogP contribution is 2.12. The van der Waals surface area contributed by atoms with Crippen LogP contribution < -0.4 is 5.56 Å². The van der Waals surface area contributed by atoms with Crippen molar-refractivity contribution in [2.24, 2.45) is 0 Å². The molecule has 0 aromatic carbocycles. The van der Waals surface area contributed by atoms with Crippen LogP contribution in [0.3, 0.4) is 0 Å². The third-order valence-electron chi connectivity index (χ3n) is 1.03. The number of rotatable bonds is 1. The van der Waals surface area contributed by atoms with E-state index in [1.807, 2.05) is 6.26 Å². The molecule has 0 fully saturated rings. The van der Waals surface area contributed by atoms with Gasteiger partial charge in [0.25, 0.3) is 5.56 Å². The molecule has 0 aliphatic heterocycles. The van der Waals surface area contributed by atoms with Gasteiger partial charge in [-0.2, -0.15) is 5.16 Å². The third kappa shape index (κ3) is 1.03. The molecule has 0 saturated heterocycles. The quantitative estimate of drug-likeness (QED) is 0.599. The average Bonchev–Trinajstić information content (AvgIpc) is 2.12. The second-order valence-electron chi connectivity index (χ2n) is 1.62. The largest absolute Gasteiger partial charge is 0.383 e. The second kappa shape index (κ2) is 2.31. The first-order valence-electron chi connectivity index (χ1n) is 2.47. The molecule has 4 heteroatoms. The van der Waals surface area contributed by atoms with Crippen molar-refractivity contribution in [1.29, 1.82) is 0 Å². The third-order valence-corrected chi connectivity index (χ3v) is 1.91. The molecule has 9 heavy (non-hydrogen) atoms. The average molecular weight is 145 g/mol. The molecule has 1 rings (SSSR count). The molecule has 0 aliphatic rings. The summed E-state index contributed by atoms with van der Waals surface area (Å²) >= 11 is 1.39. The van der Waals surface area contributed by atoms with Crippen molar-refractivity contribution in [2.75, 3.05) is 6.26 Å². The SMILES string of the molecule is CSc1c(C)o[nH]c1=O. The molecular weight excluding hydrogens is 138 g/mol. The van der Waals surface area contributed by atoms with Crippen molar-refractivity contribution >= 4 is 11.8 Å². The Labute approximate surface area is 56.4 Å². The van der Waals surface area contributed by atoms with Crippen molar-refractivity contribution in [2.45, 2.75) is 11.8 Å². The van der Waals surface area contributed by atoms with Crippen LogP contribution in [-0.2, 0) is 0 Å². The molecule has 0 aliphatic carbocycles. The minimum absolute atomic E-state index is 0.139. The van der Waals surface area contributed by atoms with Crippen molar-refractivity contribution in [1.82, 2.24) is 5.16 Å². The molecule has 3 nitrogen and oxygen atoms in total. The summed E-state index contributed by atoms with van der Waals surface area (Å²) in [6.07, 6.45) is 1.84. The summed E-state index contributed by atoms with van der Waals surface area (Å²) in [6, 6.07) is 0. The summed E-state index contributed by atoms with van der Waals surface area (Å²) in [6.45, 7) is 1.75. The molecule has 0 radical (unpaired) electrons. The van der Waals surface area contributed by atoms with E-state index in [1.165, 1.54) is 11.8 Å². The molecule has 0 spiro atoms. The maximum atomic E-state index is 10.7. The zero-order valence-corrected chi connectivity index (χ0v) is 6.04. The highest BCUT2D eigenvalue weighted by Gasteiger charge is 2.04. The summed E-state index contributed by atoms with van der Waals surface area (Å²) < 4.78 is 4.73. The van der Waals surface area contributed by atoms with Gasteiger partial charge < -0.3 is 4.52 Å². The van der Waals surface area contributed by atoms with E-state index in [-0.39, 0.29) is 5.56 Å². The molecular formula is C5H7NO2S.